The van der Waals surface area contributed by atoms with Crippen molar-refractivity contribution in [1.29, 1.82) is 0 Å². The smallest absolute Gasteiger partial charge is 0.0561 e. The number of hydrogen-bond acceptors (Lipinski definition) is 2. The van der Waals surface area contributed by atoms with E-state index in [4.69, 9.17) is 17.3 Å². The van der Waals surface area contributed by atoms with Crippen LogP contribution in [0, 0.1) is 5.92 Å². The highest BCUT2D eigenvalue weighted by Gasteiger charge is 2.19. The van der Waals surface area contributed by atoms with Crippen LogP contribution in [0.15, 0.2) is 11.4 Å². The van der Waals surface area contributed by atoms with E-state index >= 15 is 0 Å². The zero-order valence-electron chi connectivity index (χ0n) is 8.09. The van der Waals surface area contributed by atoms with Crippen molar-refractivity contribution in [3.05, 3.63) is 21.3 Å². The van der Waals surface area contributed by atoms with Gasteiger partial charge in [-0.2, -0.15) is 0 Å². The molecule has 0 bridgehead atoms. The fourth-order valence-corrected chi connectivity index (χ4v) is 2.83. The highest BCUT2D eigenvalue weighted by Crippen LogP contribution is 2.33. The Hall–Kier alpha value is -0.0500. The molecule has 1 atom stereocenters. The Morgan fingerprint density at radius 2 is 2.08 bits per heavy atom. The molecule has 13 heavy (non-hydrogen) atoms. The first-order valence-electron chi connectivity index (χ1n) is 4.69. The maximum Gasteiger partial charge on any atom is 0.0561 e. The molecular formula is C10H16ClNS. The van der Waals surface area contributed by atoms with Crippen LogP contribution < -0.4 is 5.73 Å². The van der Waals surface area contributed by atoms with Gasteiger partial charge in [0.25, 0.3) is 0 Å². The Bertz CT molecular complexity index is 255. The van der Waals surface area contributed by atoms with E-state index < -0.39 is 0 Å². The highest BCUT2D eigenvalue weighted by molar-refractivity contribution is 7.10. The van der Waals surface area contributed by atoms with Gasteiger partial charge in [0.1, 0.15) is 0 Å². The maximum absolute atomic E-state index is 6.13. The van der Waals surface area contributed by atoms with Crippen LogP contribution >= 0.6 is 22.9 Å². The first kappa shape index (κ1) is 11.0. The number of halogens is 1. The van der Waals surface area contributed by atoms with Crippen LogP contribution in [0.25, 0.3) is 0 Å². The quantitative estimate of drug-likeness (QED) is 0.815. The van der Waals surface area contributed by atoms with E-state index in [1.54, 1.807) is 11.3 Å². The first-order valence-corrected chi connectivity index (χ1v) is 5.94. The third-order valence-electron chi connectivity index (χ3n) is 2.50. The summed E-state index contributed by atoms with van der Waals surface area (Å²) in [6, 6.07) is 2.03. The van der Waals surface area contributed by atoms with Gasteiger partial charge < -0.3 is 5.73 Å². The van der Waals surface area contributed by atoms with Crippen molar-refractivity contribution in [1.82, 2.24) is 0 Å². The van der Waals surface area contributed by atoms with Gasteiger partial charge in [-0.3, -0.25) is 0 Å². The van der Waals surface area contributed by atoms with Gasteiger partial charge in [-0.15, -0.1) is 11.3 Å². The van der Waals surface area contributed by atoms with Crippen molar-refractivity contribution in [2.45, 2.75) is 32.7 Å². The van der Waals surface area contributed by atoms with Crippen LogP contribution in [-0.4, -0.2) is 0 Å². The lowest BCUT2D eigenvalue weighted by atomic mass is 9.94. The second kappa shape index (κ2) is 4.99. The first-order chi connectivity index (χ1) is 6.20. The van der Waals surface area contributed by atoms with E-state index in [0.29, 0.717) is 5.92 Å². The molecular weight excluding hydrogens is 202 g/mol. The fraction of sp³-hybridized carbons (Fsp3) is 0.600. The second-order valence-corrected chi connectivity index (χ2v) is 4.59. The van der Waals surface area contributed by atoms with Gasteiger partial charge in [-0.05, 0) is 17.4 Å². The average Bonchev–Trinajstić information content (AvgIpc) is 2.53. The van der Waals surface area contributed by atoms with Gasteiger partial charge in [-0.1, -0.05) is 38.3 Å². The minimum Gasteiger partial charge on any atom is -0.323 e. The summed E-state index contributed by atoms with van der Waals surface area (Å²) in [5, 5.41) is 2.82. The van der Waals surface area contributed by atoms with Crippen molar-refractivity contribution in [3.63, 3.8) is 0 Å². The summed E-state index contributed by atoms with van der Waals surface area (Å²) >= 11 is 7.68. The molecule has 1 rings (SSSR count). The predicted molar refractivity (Wildman–Crippen MR) is 60.3 cm³/mol. The van der Waals surface area contributed by atoms with Gasteiger partial charge >= 0.3 is 0 Å². The SMILES string of the molecule is CCC(CC)C(N)c1sccc1Cl. The van der Waals surface area contributed by atoms with Crippen molar-refractivity contribution in [2.24, 2.45) is 11.7 Å². The summed E-state index contributed by atoms with van der Waals surface area (Å²) in [5.74, 6) is 0.552. The van der Waals surface area contributed by atoms with Gasteiger partial charge in [0.05, 0.1) is 5.02 Å². The molecule has 0 saturated carbocycles. The van der Waals surface area contributed by atoms with E-state index in [1.165, 1.54) is 0 Å². The molecule has 0 aliphatic carbocycles. The fourth-order valence-electron chi connectivity index (χ4n) is 1.55. The summed E-state index contributed by atoms with van der Waals surface area (Å²) in [6.07, 6.45) is 2.23. The molecule has 74 valence electrons. The Morgan fingerprint density at radius 1 is 1.46 bits per heavy atom. The topological polar surface area (TPSA) is 26.0 Å². The normalized spacial score (nSPS) is 13.6. The Kier molecular flexibility index (Phi) is 4.23. The summed E-state index contributed by atoms with van der Waals surface area (Å²) in [4.78, 5) is 1.13. The highest BCUT2D eigenvalue weighted by atomic mass is 35.5. The molecule has 0 fully saturated rings. The summed E-state index contributed by atoms with van der Waals surface area (Å²) in [5.41, 5.74) is 6.13. The molecule has 1 heterocycles. The molecule has 0 aromatic carbocycles. The third-order valence-corrected chi connectivity index (χ3v) is 3.96. The van der Waals surface area contributed by atoms with Crippen LogP contribution in [0.4, 0.5) is 0 Å². The lowest BCUT2D eigenvalue weighted by Crippen LogP contribution is -2.19. The molecule has 0 aliphatic heterocycles. The van der Waals surface area contributed by atoms with Crippen LogP contribution in [0.1, 0.15) is 37.6 Å². The van der Waals surface area contributed by atoms with Crippen molar-refractivity contribution < 1.29 is 0 Å². The molecule has 0 radical (unpaired) electrons. The minimum atomic E-state index is 0.113. The summed E-state index contributed by atoms with van der Waals surface area (Å²) < 4.78 is 0. The van der Waals surface area contributed by atoms with Gasteiger partial charge in [0.2, 0.25) is 0 Å². The molecule has 3 heteroatoms. The number of nitrogens with two attached hydrogens (primary N) is 1. The molecule has 1 aromatic rings. The molecule has 0 saturated heterocycles. The third kappa shape index (κ3) is 2.46. The molecule has 0 spiro atoms. The van der Waals surface area contributed by atoms with Crippen LogP contribution in [0.5, 0.6) is 0 Å². The van der Waals surface area contributed by atoms with E-state index in [0.717, 1.165) is 22.7 Å². The summed E-state index contributed by atoms with van der Waals surface area (Å²) in [7, 11) is 0. The number of thiophene rings is 1. The van der Waals surface area contributed by atoms with Gasteiger partial charge in [0, 0.05) is 10.9 Å². The molecule has 1 nitrogen and oxygen atoms in total. The second-order valence-electron chi connectivity index (χ2n) is 3.24. The molecule has 2 N–H and O–H groups in total. The van der Waals surface area contributed by atoms with E-state index in [9.17, 15) is 0 Å². The van der Waals surface area contributed by atoms with Crippen LogP contribution in [-0.2, 0) is 0 Å². The van der Waals surface area contributed by atoms with Crippen molar-refractivity contribution in [3.8, 4) is 0 Å². The average molecular weight is 218 g/mol. The summed E-state index contributed by atoms with van der Waals surface area (Å²) in [6.45, 7) is 4.35. The van der Waals surface area contributed by atoms with Crippen LogP contribution in [0.3, 0.4) is 0 Å². The number of rotatable bonds is 4. The largest absolute Gasteiger partial charge is 0.323 e. The number of hydrogen-bond donors (Lipinski definition) is 1. The van der Waals surface area contributed by atoms with Crippen LogP contribution in [0.2, 0.25) is 5.02 Å². The lowest BCUT2D eigenvalue weighted by Gasteiger charge is -2.20. The lowest BCUT2D eigenvalue weighted by molar-refractivity contribution is 0.410. The molecule has 1 aromatic heterocycles. The zero-order chi connectivity index (χ0) is 9.84. The standard InChI is InChI=1S/C10H16ClNS/c1-3-7(4-2)9(12)10-8(11)5-6-13-10/h5-7,9H,3-4,12H2,1-2H3. The Labute approximate surface area is 88.9 Å². The van der Waals surface area contributed by atoms with Gasteiger partial charge in [0.15, 0.2) is 0 Å². The van der Waals surface area contributed by atoms with Gasteiger partial charge in [-0.25, -0.2) is 0 Å². The molecule has 1 unspecified atom stereocenters. The Balaban J connectivity index is 2.77. The van der Waals surface area contributed by atoms with E-state index in [2.05, 4.69) is 13.8 Å². The minimum absolute atomic E-state index is 0.113. The van der Waals surface area contributed by atoms with Crippen molar-refractivity contribution in [2.75, 3.05) is 0 Å². The zero-order valence-corrected chi connectivity index (χ0v) is 9.66. The molecule has 0 aliphatic rings. The maximum atomic E-state index is 6.13. The van der Waals surface area contributed by atoms with E-state index in [-0.39, 0.29) is 6.04 Å². The predicted octanol–water partition coefficient (Wildman–Crippen LogP) is 3.84. The monoisotopic (exact) mass is 217 g/mol. The Morgan fingerprint density at radius 3 is 2.46 bits per heavy atom. The molecule has 0 amide bonds. The van der Waals surface area contributed by atoms with E-state index in [1.807, 2.05) is 11.4 Å². The van der Waals surface area contributed by atoms with Crippen molar-refractivity contribution >= 4 is 22.9 Å².